The molecule has 0 aromatic carbocycles. The highest BCUT2D eigenvalue weighted by atomic mass is 32.2. The van der Waals surface area contributed by atoms with Gasteiger partial charge in [-0.2, -0.15) is 0 Å². The zero-order valence-electron chi connectivity index (χ0n) is 17.1. The minimum atomic E-state index is -3.19. The minimum Gasteiger partial charge on any atom is -0.444 e. The third kappa shape index (κ3) is 5.70. The number of carbonyl (C=O) groups is 2. The van der Waals surface area contributed by atoms with Gasteiger partial charge in [0, 0.05) is 25.4 Å². The molecule has 1 fully saturated rings. The van der Waals surface area contributed by atoms with Gasteiger partial charge >= 0.3 is 6.09 Å². The Morgan fingerprint density at radius 1 is 1.39 bits per heavy atom. The average Bonchev–Trinajstić information content (AvgIpc) is 2.86. The molecule has 0 saturated carbocycles. The first-order valence-electron chi connectivity index (χ1n) is 9.24. The molecule has 2 aliphatic heterocycles. The molecule has 2 heterocycles. The fraction of sp³-hybridized carbons (Fsp3) is 0.722. The fourth-order valence-electron chi connectivity index (χ4n) is 3.33. The van der Waals surface area contributed by atoms with Crippen LogP contribution in [0.25, 0.3) is 0 Å². The van der Waals surface area contributed by atoms with Crippen molar-refractivity contribution < 1.29 is 22.7 Å². The lowest BCUT2D eigenvalue weighted by molar-refractivity contribution is -0.125. The summed E-state index contributed by atoms with van der Waals surface area (Å²) in [5.41, 5.74) is 6.10. The van der Waals surface area contributed by atoms with E-state index in [0.29, 0.717) is 18.0 Å². The van der Waals surface area contributed by atoms with Crippen molar-refractivity contribution in [1.82, 2.24) is 9.80 Å². The Labute approximate surface area is 166 Å². The summed E-state index contributed by atoms with van der Waals surface area (Å²) in [6.07, 6.45) is 2.14. The van der Waals surface area contributed by atoms with Gasteiger partial charge in [0.05, 0.1) is 36.3 Å². The van der Waals surface area contributed by atoms with Gasteiger partial charge in [0.1, 0.15) is 15.4 Å². The average molecular weight is 415 g/mol. The largest absolute Gasteiger partial charge is 0.444 e. The van der Waals surface area contributed by atoms with Crippen LogP contribution in [0.1, 0.15) is 34.1 Å². The number of hydrogen-bond donors (Lipinski definition) is 1. The maximum atomic E-state index is 12.5. The molecule has 0 aromatic heterocycles. The van der Waals surface area contributed by atoms with Crippen LogP contribution < -0.4 is 5.73 Å². The van der Waals surface area contributed by atoms with E-state index in [9.17, 15) is 18.0 Å². The number of likely N-dealkylation sites (tertiary alicyclic amines) is 1. The van der Waals surface area contributed by atoms with Gasteiger partial charge in [-0.1, -0.05) is 0 Å². The molecule has 0 aliphatic carbocycles. The number of carbonyl (C=O) groups excluding carboxylic acids is 2. The number of nitrogens with two attached hydrogens (primary N) is 1. The summed E-state index contributed by atoms with van der Waals surface area (Å²) in [5.74, 6) is -0.543. The van der Waals surface area contributed by atoms with E-state index in [2.05, 4.69) is 4.99 Å². The van der Waals surface area contributed by atoms with Gasteiger partial charge in [-0.3, -0.25) is 14.7 Å². The molecule has 0 aromatic rings. The monoisotopic (exact) mass is 414 g/mol. The third-order valence-corrected chi connectivity index (χ3v) is 5.59. The Kier molecular flexibility index (Phi) is 6.42. The number of aliphatic imine (C=N–C) groups is 1. The highest BCUT2D eigenvalue weighted by Gasteiger charge is 2.37. The number of rotatable bonds is 4. The summed E-state index contributed by atoms with van der Waals surface area (Å²) >= 11 is 0. The second kappa shape index (κ2) is 8.10. The molecule has 1 unspecified atom stereocenters. The SMILES string of the molecule is C[C@H]1CN=C(C(=CN)N2CC(CS(C)(=O)=O)CC2=O)CN1C(=O)OC(C)(C)C. The van der Waals surface area contributed by atoms with Crippen molar-refractivity contribution in [2.75, 3.05) is 31.6 Å². The quantitative estimate of drug-likeness (QED) is 0.725. The summed E-state index contributed by atoms with van der Waals surface area (Å²) in [4.78, 5) is 32.5. The highest BCUT2D eigenvalue weighted by molar-refractivity contribution is 7.90. The number of sulfone groups is 1. The van der Waals surface area contributed by atoms with E-state index in [1.54, 1.807) is 25.7 Å². The van der Waals surface area contributed by atoms with E-state index in [0.717, 1.165) is 6.26 Å². The van der Waals surface area contributed by atoms with E-state index in [4.69, 9.17) is 10.5 Å². The summed E-state index contributed by atoms with van der Waals surface area (Å²) < 4.78 is 28.6. The van der Waals surface area contributed by atoms with Crippen LogP contribution >= 0.6 is 0 Å². The second-order valence-corrected chi connectivity index (χ2v) is 10.6. The van der Waals surface area contributed by atoms with Gasteiger partial charge in [0.25, 0.3) is 0 Å². The molecule has 28 heavy (non-hydrogen) atoms. The van der Waals surface area contributed by atoms with Crippen molar-refractivity contribution in [2.45, 2.75) is 45.8 Å². The van der Waals surface area contributed by atoms with Gasteiger partial charge in [0.2, 0.25) is 5.91 Å². The molecule has 2 rings (SSSR count). The van der Waals surface area contributed by atoms with E-state index in [1.807, 2.05) is 6.92 Å². The van der Waals surface area contributed by atoms with E-state index >= 15 is 0 Å². The molecule has 10 heteroatoms. The molecule has 2 aliphatic rings. The summed E-state index contributed by atoms with van der Waals surface area (Å²) in [5, 5.41) is 0. The maximum Gasteiger partial charge on any atom is 0.410 e. The summed E-state index contributed by atoms with van der Waals surface area (Å²) in [6.45, 7) is 8.05. The molecular formula is C18H30N4O5S. The normalized spacial score (nSPS) is 24.4. The second-order valence-electron chi connectivity index (χ2n) is 8.46. The predicted octanol–water partition coefficient (Wildman–Crippen LogP) is 0.760. The Bertz CT molecular complexity index is 797. The Hall–Kier alpha value is -2.10. The van der Waals surface area contributed by atoms with Gasteiger partial charge in [-0.15, -0.1) is 0 Å². The number of amides is 2. The fourth-order valence-corrected chi connectivity index (χ4v) is 4.41. The molecule has 0 bridgehead atoms. The molecule has 1 saturated heterocycles. The molecule has 0 spiro atoms. The van der Waals surface area contributed by atoms with Gasteiger partial charge < -0.3 is 15.4 Å². The smallest absolute Gasteiger partial charge is 0.410 e. The van der Waals surface area contributed by atoms with Crippen LogP contribution in [0.2, 0.25) is 0 Å². The maximum absolute atomic E-state index is 12.5. The van der Waals surface area contributed by atoms with E-state index < -0.39 is 21.5 Å². The van der Waals surface area contributed by atoms with Crippen molar-refractivity contribution >= 4 is 27.5 Å². The molecule has 158 valence electrons. The topological polar surface area (TPSA) is 122 Å². The van der Waals surface area contributed by atoms with E-state index in [-0.39, 0.29) is 43.1 Å². The zero-order valence-corrected chi connectivity index (χ0v) is 18.0. The first-order chi connectivity index (χ1) is 12.8. The lowest BCUT2D eigenvalue weighted by Gasteiger charge is -2.35. The molecule has 2 atom stereocenters. The number of hydrogen-bond acceptors (Lipinski definition) is 7. The van der Waals surface area contributed by atoms with Gasteiger partial charge in [-0.25, -0.2) is 13.2 Å². The molecule has 2 N–H and O–H groups in total. The number of ether oxygens (including phenoxy) is 1. The van der Waals surface area contributed by atoms with Crippen molar-refractivity contribution in [3.63, 3.8) is 0 Å². The van der Waals surface area contributed by atoms with Crippen LogP contribution in [-0.2, 0) is 19.4 Å². The third-order valence-electron chi connectivity index (χ3n) is 4.51. The van der Waals surface area contributed by atoms with Crippen molar-refractivity contribution in [1.29, 1.82) is 0 Å². The van der Waals surface area contributed by atoms with Crippen LogP contribution in [0.5, 0.6) is 0 Å². The Morgan fingerprint density at radius 3 is 2.57 bits per heavy atom. The summed E-state index contributed by atoms with van der Waals surface area (Å²) in [6, 6.07) is -0.148. The predicted molar refractivity (Wildman–Crippen MR) is 107 cm³/mol. The summed E-state index contributed by atoms with van der Waals surface area (Å²) in [7, 11) is -3.19. The molecule has 9 nitrogen and oxygen atoms in total. The van der Waals surface area contributed by atoms with Gasteiger partial charge in [0.15, 0.2) is 0 Å². The van der Waals surface area contributed by atoms with Crippen LogP contribution in [0.4, 0.5) is 4.79 Å². The molecular weight excluding hydrogens is 384 g/mol. The van der Waals surface area contributed by atoms with Crippen molar-refractivity contribution in [3.8, 4) is 0 Å². The van der Waals surface area contributed by atoms with Crippen molar-refractivity contribution in [3.05, 3.63) is 11.9 Å². The van der Waals surface area contributed by atoms with Crippen molar-refractivity contribution in [2.24, 2.45) is 16.6 Å². The lowest BCUT2D eigenvalue weighted by atomic mass is 10.1. The van der Waals surface area contributed by atoms with Gasteiger partial charge in [-0.05, 0) is 33.6 Å². The minimum absolute atomic E-state index is 0.0549. The van der Waals surface area contributed by atoms with Crippen LogP contribution in [0, 0.1) is 5.92 Å². The Morgan fingerprint density at radius 2 is 2.04 bits per heavy atom. The zero-order chi connectivity index (χ0) is 21.3. The first-order valence-corrected chi connectivity index (χ1v) is 11.3. The Balaban J connectivity index is 2.16. The molecule has 2 amide bonds. The standard InChI is InChI=1S/C18H30N4O5S/c1-12-8-20-14(10-21(12)17(24)27-18(2,3)4)15(7-19)22-9-13(6-16(22)23)11-28(5,25)26/h7,12-13H,6,8-11,19H2,1-5H3/t12-,13?/m0/s1. The van der Waals surface area contributed by atoms with Crippen LogP contribution in [0.15, 0.2) is 16.9 Å². The van der Waals surface area contributed by atoms with Crippen LogP contribution in [-0.4, -0.2) is 79.2 Å². The molecule has 0 radical (unpaired) electrons. The first kappa shape index (κ1) is 22.2. The highest BCUT2D eigenvalue weighted by Crippen LogP contribution is 2.25. The lowest BCUT2D eigenvalue weighted by Crippen LogP contribution is -2.50. The number of nitrogens with zero attached hydrogens (tertiary/aromatic N) is 3. The van der Waals surface area contributed by atoms with E-state index in [1.165, 1.54) is 11.1 Å². The van der Waals surface area contributed by atoms with Crippen LogP contribution in [0.3, 0.4) is 0 Å².